The van der Waals surface area contributed by atoms with Crippen molar-refractivity contribution in [3.63, 3.8) is 0 Å². The van der Waals surface area contributed by atoms with Crippen molar-refractivity contribution in [3.8, 4) is 0 Å². The van der Waals surface area contributed by atoms with Crippen molar-refractivity contribution in [2.45, 2.75) is 0 Å². The summed E-state index contributed by atoms with van der Waals surface area (Å²) in [6.45, 7) is 3.06. The Hall–Kier alpha value is -0.990. The van der Waals surface area contributed by atoms with Crippen LogP contribution in [0, 0.1) is 0 Å². The van der Waals surface area contributed by atoms with Gasteiger partial charge in [-0.15, -0.1) is 0 Å². The highest BCUT2D eigenvalue weighted by Gasteiger charge is 1.87. The summed E-state index contributed by atoms with van der Waals surface area (Å²) in [5, 5.41) is 0. The summed E-state index contributed by atoms with van der Waals surface area (Å²) in [4.78, 5) is 9.70. The van der Waals surface area contributed by atoms with Gasteiger partial charge in [-0.25, -0.2) is 0 Å². The molecule has 0 radical (unpaired) electrons. The number of hydrogen-bond acceptors (Lipinski definition) is 2. The number of rotatable bonds is 1. The Morgan fingerprint density at radius 3 is 1.67 bits per heavy atom. The van der Waals surface area contributed by atoms with Gasteiger partial charge in [-0.05, 0) is 0 Å². The molecule has 0 saturated heterocycles. The van der Waals surface area contributed by atoms with Gasteiger partial charge in [-0.3, -0.25) is 4.79 Å². The molecule has 0 aliphatic heterocycles. The maximum Gasteiger partial charge on any atom is 0.263 e. The fraction of sp³-hybridized carbons (Fsp3) is 0. The summed E-state index contributed by atoms with van der Waals surface area (Å²) in [5.74, 6) is -0.657. The highest BCUT2D eigenvalue weighted by atomic mass is 16.1. The molecule has 0 unspecified atom stereocenters. The molecule has 0 aliphatic carbocycles. The third-order valence-electron chi connectivity index (χ3n) is 0.316. The first kappa shape index (κ1) is 5.01. The average Bonchev–Trinajstić information content (AvgIpc) is 1.36. The molecule has 34 valence electrons. The molecule has 3 nitrogen and oxygen atoms in total. The lowest BCUT2D eigenvalue weighted by molar-refractivity contribution is -0.114. The van der Waals surface area contributed by atoms with Crippen molar-refractivity contribution in [2.75, 3.05) is 0 Å². The Kier molecular flexibility index (Phi) is 1.21. The lowest BCUT2D eigenvalue weighted by atomic mass is 10.5. The van der Waals surface area contributed by atoms with Crippen molar-refractivity contribution < 1.29 is 4.79 Å². The van der Waals surface area contributed by atoms with Gasteiger partial charge in [0.15, 0.2) is 0 Å². The van der Waals surface area contributed by atoms with Gasteiger partial charge < -0.3 is 11.5 Å². The minimum Gasteiger partial charge on any atom is -0.395 e. The van der Waals surface area contributed by atoms with Crippen LogP contribution in [0.4, 0.5) is 0 Å². The first-order valence-corrected chi connectivity index (χ1v) is 1.39. The quantitative estimate of drug-likeness (QED) is 0.399. The van der Waals surface area contributed by atoms with Crippen LogP contribution in [0.3, 0.4) is 0 Å². The first-order chi connectivity index (χ1) is 2.64. The van der Waals surface area contributed by atoms with E-state index in [1.165, 1.54) is 0 Å². The highest BCUT2D eigenvalue weighted by molar-refractivity contribution is 5.90. The number of primary amides is 1. The zero-order valence-electron chi connectivity index (χ0n) is 3.27. The van der Waals surface area contributed by atoms with Gasteiger partial charge in [0.1, 0.15) is 0 Å². The van der Waals surface area contributed by atoms with E-state index >= 15 is 0 Å². The van der Waals surface area contributed by atoms with E-state index in [9.17, 15) is 4.79 Å². The second-order valence-corrected chi connectivity index (χ2v) is 0.889. The number of hydrogen-bond donors (Lipinski definition) is 2. The predicted octanol–water partition coefficient (Wildman–Crippen LogP) is -1.06. The summed E-state index contributed by atoms with van der Waals surface area (Å²) < 4.78 is 0. The number of carbonyl (C=O) groups is 1. The maximum atomic E-state index is 9.70. The summed E-state index contributed by atoms with van der Waals surface area (Å²) >= 11 is 0. The van der Waals surface area contributed by atoms with Gasteiger partial charge >= 0.3 is 0 Å². The molecule has 0 aromatic heterocycles. The van der Waals surface area contributed by atoms with Crippen LogP contribution in [0.5, 0.6) is 0 Å². The number of nitrogens with two attached hydrogens (primary N) is 2. The van der Waals surface area contributed by atoms with Crippen LogP contribution < -0.4 is 11.5 Å². The predicted molar refractivity (Wildman–Crippen MR) is 22.5 cm³/mol. The minimum atomic E-state index is -0.657. The minimum absolute atomic E-state index is 0.102. The van der Waals surface area contributed by atoms with E-state index in [0.717, 1.165) is 0 Å². The number of carbonyl (C=O) groups excluding carboxylic acids is 1. The highest BCUT2D eigenvalue weighted by Crippen LogP contribution is 1.65. The maximum absolute atomic E-state index is 9.70. The third-order valence-corrected chi connectivity index (χ3v) is 0.316. The molecule has 0 atom stereocenters. The van der Waals surface area contributed by atoms with Crippen molar-refractivity contribution in [3.05, 3.63) is 12.3 Å². The monoisotopic (exact) mass is 86.0 g/mol. The molecular weight excluding hydrogens is 80.0 g/mol. The molecular formula is C3H6N2O. The lowest BCUT2D eigenvalue weighted by Gasteiger charge is -1.82. The number of amides is 1. The van der Waals surface area contributed by atoms with Gasteiger partial charge in [0.05, 0.1) is 5.70 Å². The van der Waals surface area contributed by atoms with Gasteiger partial charge in [0.2, 0.25) is 0 Å². The smallest absolute Gasteiger partial charge is 0.263 e. The van der Waals surface area contributed by atoms with Crippen molar-refractivity contribution in [2.24, 2.45) is 11.5 Å². The van der Waals surface area contributed by atoms with E-state index in [0.29, 0.717) is 0 Å². The fourth-order valence-corrected chi connectivity index (χ4v) is 0. The molecule has 6 heavy (non-hydrogen) atoms. The van der Waals surface area contributed by atoms with Crippen molar-refractivity contribution in [1.29, 1.82) is 0 Å². The molecule has 4 N–H and O–H groups in total. The van der Waals surface area contributed by atoms with Crippen molar-refractivity contribution in [1.82, 2.24) is 0 Å². The molecule has 1 amide bonds. The van der Waals surface area contributed by atoms with Gasteiger partial charge in [-0.1, -0.05) is 6.58 Å². The van der Waals surface area contributed by atoms with E-state index in [2.05, 4.69) is 12.3 Å². The third kappa shape index (κ3) is 1.34. The summed E-state index contributed by atoms with van der Waals surface area (Å²) in [7, 11) is 0. The molecule has 3 heteroatoms. The van der Waals surface area contributed by atoms with Crippen molar-refractivity contribution >= 4 is 5.91 Å². The molecule has 0 rings (SSSR count). The molecule has 0 aromatic carbocycles. The largest absolute Gasteiger partial charge is 0.395 e. The first-order valence-electron chi connectivity index (χ1n) is 1.39. The molecule has 0 aliphatic rings. The van der Waals surface area contributed by atoms with E-state index in [1.54, 1.807) is 0 Å². The molecule has 0 heterocycles. The van der Waals surface area contributed by atoms with Gasteiger partial charge in [-0.2, -0.15) is 0 Å². The van der Waals surface area contributed by atoms with Gasteiger partial charge in [0.25, 0.3) is 5.91 Å². The van der Waals surface area contributed by atoms with Crippen LogP contribution in [0.25, 0.3) is 0 Å². The molecule has 0 bridgehead atoms. The summed E-state index contributed by atoms with van der Waals surface area (Å²) in [5.41, 5.74) is 9.24. The van der Waals surface area contributed by atoms with E-state index in [4.69, 9.17) is 5.73 Å². The van der Waals surface area contributed by atoms with Crippen LogP contribution in [-0.2, 0) is 4.79 Å². The van der Waals surface area contributed by atoms with Gasteiger partial charge in [0, 0.05) is 0 Å². The lowest BCUT2D eigenvalue weighted by Crippen LogP contribution is -2.18. The summed E-state index contributed by atoms with van der Waals surface area (Å²) in [6.07, 6.45) is 0. The van der Waals surface area contributed by atoms with Crippen LogP contribution in [0.1, 0.15) is 0 Å². The normalized spacial score (nSPS) is 7.33. The molecule has 0 spiro atoms. The fourth-order valence-electron chi connectivity index (χ4n) is 0. The van der Waals surface area contributed by atoms with Crippen LogP contribution in [0.15, 0.2) is 12.3 Å². The second kappa shape index (κ2) is 1.45. The van der Waals surface area contributed by atoms with E-state index in [1.807, 2.05) is 0 Å². The zero-order valence-corrected chi connectivity index (χ0v) is 3.27. The second-order valence-electron chi connectivity index (χ2n) is 0.889. The Labute approximate surface area is 35.6 Å². The zero-order chi connectivity index (χ0) is 5.15. The Balaban J connectivity index is 3.57. The van der Waals surface area contributed by atoms with Crippen LogP contribution in [0.2, 0.25) is 0 Å². The average molecular weight is 86.1 g/mol. The van der Waals surface area contributed by atoms with Crippen LogP contribution >= 0.6 is 0 Å². The Bertz CT molecular complexity index is 74.8. The molecule has 0 fully saturated rings. The molecule has 0 saturated carbocycles. The Morgan fingerprint density at radius 2 is 1.67 bits per heavy atom. The Morgan fingerprint density at radius 1 is 1.50 bits per heavy atom. The standard InChI is InChI=1S/C3H6N2O/c1-2(4)3(5)6/h1,4H2,(H2,5,6). The van der Waals surface area contributed by atoms with E-state index < -0.39 is 5.91 Å². The summed E-state index contributed by atoms with van der Waals surface area (Å²) in [6, 6.07) is 0. The van der Waals surface area contributed by atoms with Crippen LogP contribution in [-0.4, -0.2) is 5.91 Å². The SMILES string of the molecule is C=C(N)C(N)=O. The molecule has 0 aromatic rings. The van der Waals surface area contributed by atoms with E-state index in [-0.39, 0.29) is 5.70 Å². The topological polar surface area (TPSA) is 69.1 Å².